The molecule has 1 aromatic heterocycles. The molecule has 4 heteroatoms. The zero-order chi connectivity index (χ0) is 11.5. The fraction of sp³-hybridized carbons (Fsp3) is 0.167. The van der Waals surface area contributed by atoms with E-state index in [1.54, 1.807) is 6.07 Å². The average molecular weight is 302 g/mol. The average Bonchev–Trinajstić information content (AvgIpc) is 2.68. The number of rotatable bonds is 3. The van der Waals surface area contributed by atoms with Crippen LogP contribution in [0.2, 0.25) is 5.22 Å². The molecular formula is C12H10BrClO2. The lowest BCUT2D eigenvalue weighted by molar-refractivity contribution is 0.177. The van der Waals surface area contributed by atoms with Crippen molar-refractivity contribution in [1.82, 2.24) is 0 Å². The van der Waals surface area contributed by atoms with Crippen molar-refractivity contribution in [2.45, 2.75) is 12.5 Å². The Kier molecular flexibility index (Phi) is 3.69. The number of halogens is 2. The Balaban J connectivity index is 2.17. The van der Waals surface area contributed by atoms with Crippen molar-refractivity contribution in [3.05, 3.63) is 57.4 Å². The maximum Gasteiger partial charge on any atom is 0.198 e. The Hall–Kier alpha value is -0.770. The summed E-state index contributed by atoms with van der Waals surface area (Å²) in [5.41, 5.74) is 1.66. The summed E-state index contributed by atoms with van der Waals surface area (Å²) >= 11 is 9.24. The predicted molar refractivity (Wildman–Crippen MR) is 66.5 cm³/mol. The van der Waals surface area contributed by atoms with Gasteiger partial charge in [0.05, 0.1) is 12.4 Å². The van der Waals surface area contributed by atoms with Gasteiger partial charge in [0, 0.05) is 16.5 Å². The van der Waals surface area contributed by atoms with E-state index in [2.05, 4.69) is 15.9 Å². The van der Waals surface area contributed by atoms with Gasteiger partial charge in [-0.05, 0) is 29.3 Å². The first-order valence-electron chi connectivity index (χ1n) is 4.83. The first-order chi connectivity index (χ1) is 7.68. The van der Waals surface area contributed by atoms with Crippen LogP contribution in [0.1, 0.15) is 17.2 Å². The Morgan fingerprint density at radius 3 is 2.69 bits per heavy atom. The Bertz CT molecular complexity index is 481. The molecular weight excluding hydrogens is 291 g/mol. The molecule has 1 unspecified atom stereocenters. The van der Waals surface area contributed by atoms with Crippen LogP contribution in [0.25, 0.3) is 0 Å². The van der Waals surface area contributed by atoms with Gasteiger partial charge in [-0.3, -0.25) is 0 Å². The van der Waals surface area contributed by atoms with Crippen LogP contribution in [0.3, 0.4) is 0 Å². The second-order valence-corrected chi connectivity index (χ2v) is 4.66. The molecule has 0 saturated carbocycles. The van der Waals surface area contributed by atoms with Gasteiger partial charge in [0.1, 0.15) is 0 Å². The second kappa shape index (κ2) is 5.04. The van der Waals surface area contributed by atoms with Crippen molar-refractivity contribution in [2.75, 3.05) is 0 Å². The van der Waals surface area contributed by atoms with Crippen molar-refractivity contribution >= 4 is 27.5 Å². The molecule has 1 atom stereocenters. The number of hydrogen-bond donors (Lipinski definition) is 1. The molecule has 0 aliphatic carbocycles. The van der Waals surface area contributed by atoms with Crippen molar-refractivity contribution < 1.29 is 9.52 Å². The van der Waals surface area contributed by atoms with Crippen molar-refractivity contribution in [2.24, 2.45) is 0 Å². The normalized spacial score (nSPS) is 12.7. The molecule has 1 aromatic carbocycles. The van der Waals surface area contributed by atoms with E-state index in [0.29, 0.717) is 12.0 Å². The minimum Gasteiger partial charge on any atom is -0.453 e. The molecule has 1 N–H and O–H groups in total. The summed E-state index contributed by atoms with van der Waals surface area (Å²) in [7, 11) is 0. The lowest BCUT2D eigenvalue weighted by Crippen LogP contribution is -2.01. The van der Waals surface area contributed by atoms with Crippen LogP contribution in [0, 0.1) is 0 Å². The first kappa shape index (κ1) is 11.7. The van der Waals surface area contributed by atoms with Crippen molar-refractivity contribution in [3.63, 3.8) is 0 Å². The standard InChI is InChI=1S/C12H10BrClO2/c13-10-4-2-1-3-8(10)7-11(15)9-5-6-16-12(9)14/h1-6,11,15H,7H2. The van der Waals surface area contributed by atoms with Crippen LogP contribution in [-0.2, 0) is 6.42 Å². The molecule has 16 heavy (non-hydrogen) atoms. The molecule has 0 saturated heterocycles. The molecule has 0 aliphatic rings. The number of benzene rings is 1. The molecule has 0 spiro atoms. The van der Waals surface area contributed by atoms with Gasteiger partial charge in [-0.1, -0.05) is 34.1 Å². The summed E-state index contributed by atoms with van der Waals surface area (Å²) < 4.78 is 5.93. The highest BCUT2D eigenvalue weighted by atomic mass is 79.9. The highest BCUT2D eigenvalue weighted by Gasteiger charge is 2.15. The van der Waals surface area contributed by atoms with E-state index >= 15 is 0 Å². The number of aliphatic hydroxyl groups is 1. The van der Waals surface area contributed by atoms with Crippen molar-refractivity contribution in [1.29, 1.82) is 0 Å². The van der Waals surface area contributed by atoms with E-state index in [1.165, 1.54) is 6.26 Å². The third-order valence-electron chi connectivity index (χ3n) is 2.38. The number of furan rings is 1. The van der Waals surface area contributed by atoms with E-state index in [-0.39, 0.29) is 5.22 Å². The predicted octanol–water partition coefficient (Wildman–Crippen LogP) is 3.97. The smallest absolute Gasteiger partial charge is 0.198 e. The largest absolute Gasteiger partial charge is 0.453 e. The van der Waals surface area contributed by atoms with Gasteiger partial charge < -0.3 is 9.52 Å². The van der Waals surface area contributed by atoms with Crippen LogP contribution in [0.15, 0.2) is 45.5 Å². The van der Waals surface area contributed by atoms with Crippen LogP contribution in [0.4, 0.5) is 0 Å². The Morgan fingerprint density at radius 1 is 1.31 bits per heavy atom. The maximum absolute atomic E-state index is 10.0. The van der Waals surface area contributed by atoms with Crippen LogP contribution in [-0.4, -0.2) is 5.11 Å². The van der Waals surface area contributed by atoms with Gasteiger partial charge in [-0.2, -0.15) is 0 Å². The van der Waals surface area contributed by atoms with Crippen LogP contribution < -0.4 is 0 Å². The minimum atomic E-state index is -0.648. The van der Waals surface area contributed by atoms with Gasteiger partial charge in [-0.25, -0.2) is 0 Å². The molecule has 1 heterocycles. The molecule has 0 aliphatic heterocycles. The molecule has 0 fully saturated rings. The fourth-order valence-electron chi connectivity index (χ4n) is 1.52. The lowest BCUT2D eigenvalue weighted by atomic mass is 10.0. The van der Waals surface area contributed by atoms with Crippen LogP contribution >= 0.6 is 27.5 Å². The summed E-state index contributed by atoms with van der Waals surface area (Å²) in [4.78, 5) is 0. The summed E-state index contributed by atoms with van der Waals surface area (Å²) in [5.74, 6) is 0. The van der Waals surface area contributed by atoms with Gasteiger partial charge >= 0.3 is 0 Å². The van der Waals surface area contributed by atoms with Gasteiger partial charge in [-0.15, -0.1) is 0 Å². The monoisotopic (exact) mass is 300 g/mol. The van der Waals surface area contributed by atoms with Gasteiger partial charge in [0.15, 0.2) is 5.22 Å². The summed E-state index contributed by atoms with van der Waals surface area (Å²) in [6.45, 7) is 0. The first-order valence-corrected chi connectivity index (χ1v) is 6.00. The van der Waals surface area contributed by atoms with Gasteiger partial charge in [0.2, 0.25) is 0 Å². The van der Waals surface area contributed by atoms with E-state index in [1.807, 2.05) is 24.3 Å². The summed E-state index contributed by atoms with van der Waals surface area (Å²) in [6, 6.07) is 9.46. The molecule has 0 radical (unpaired) electrons. The number of hydrogen-bond acceptors (Lipinski definition) is 2. The maximum atomic E-state index is 10.0. The molecule has 0 amide bonds. The highest BCUT2D eigenvalue weighted by molar-refractivity contribution is 9.10. The Morgan fingerprint density at radius 2 is 2.06 bits per heavy atom. The Labute approximate surface area is 107 Å². The van der Waals surface area contributed by atoms with E-state index in [4.69, 9.17) is 16.0 Å². The highest BCUT2D eigenvalue weighted by Crippen LogP contribution is 2.28. The SMILES string of the molecule is OC(Cc1ccccc1Br)c1ccoc1Cl. The summed E-state index contributed by atoms with van der Waals surface area (Å²) in [6.07, 6.45) is 1.33. The van der Waals surface area contributed by atoms with E-state index in [9.17, 15) is 5.11 Å². The molecule has 84 valence electrons. The summed E-state index contributed by atoms with van der Waals surface area (Å²) in [5, 5.41) is 10.3. The zero-order valence-electron chi connectivity index (χ0n) is 8.36. The van der Waals surface area contributed by atoms with Crippen molar-refractivity contribution in [3.8, 4) is 0 Å². The third kappa shape index (κ3) is 2.48. The zero-order valence-corrected chi connectivity index (χ0v) is 10.7. The van der Waals surface area contributed by atoms with E-state index in [0.717, 1.165) is 10.0 Å². The minimum absolute atomic E-state index is 0.250. The molecule has 2 aromatic rings. The second-order valence-electron chi connectivity index (χ2n) is 3.46. The van der Waals surface area contributed by atoms with E-state index < -0.39 is 6.10 Å². The molecule has 0 bridgehead atoms. The lowest BCUT2D eigenvalue weighted by Gasteiger charge is -2.10. The molecule has 2 rings (SSSR count). The third-order valence-corrected chi connectivity index (χ3v) is 3.46. The van der Waals surface area contributed by atoms with Crippen LogP contribution in [0.5, 0.6) is 0 Å². The number of aliphatic hydroxyl groups excluding tert-OH is 1. The van der Waals surface area contributed by atoms with Gasteiger partial charge in [0.25, 0.3) is 0 Å². The molecule has 2 nitrogen and oxygen atoms in total. The quantitative estimate of drug-likeness (QED) is 0.930. The fourth-order valence-corrected chi connectivity index (χ4v) is 2.21. The topological polar surface area (TPSA) is 33.4 Å².